The molecule has 0 radical (unpaired) electrons. The molecule has 2 aromatic carbocycles. The molecule has 2 heterocycles. The number of unbranched alkanes of at least 4 members (excludes halogenated alkanes) is 1. The molecule has 216 valence electrons. The van der Waals surface area contributed by atoms with E-state index in [1.165, 1.54) is 43.6 Å². The Morgan fingerprint density at radius 2 is 2.02 bits per heavy atom. The van der Waals surface area contributed by atoms with Gasteiger partial charge in [-0.3, -0.25) is 10.1 Å². The molecule has 4 rings (SSSR count). The summed E-state index contributed by atoms with van der Waals surface area (Å²) in [6, 6.07) is 14.6. The Morgan fingerprint density at radius 3 is 2.79 bits per heavy atom. The summed E-state index contributed by atoms with van der Waals surface area (Å²) in [6.45, 7) is 1.48. The third kappa shape index (κ3) is 7.79. The van der Waals surface area contributed by atoms with Gasteiger partial charge in [0, 0.05) is 30.4 Å². The number of aromatic hydroxyl groups is 1. The number of alkyl carbamates (subject to hydrolysis) is 1. The highest BCUT2D eigenvalue weighted by Gasteiger charge is 2.21. The number of allylic oxidation sites excluding steroid dienone is 2. The highest BCUT2D eigenvalue weighted by Crippen LogP contribution is 2.32. The van der Waals surface area contributed by atoms with Crippen LogP contribution in [0.2, 0.25) is 0 Å². The number of aryl methyl sites for hydroxylation is 1. The van der Waals surface area contributed by atoms with Gasteiger partial charge < -0.3 is 19.0 Å². The van der Waals surface area contributed by atoms with Crippen molar-refractivity contribution in [3.8, 4) is 27.8 Å². The number of thiazole rings is 1. The first-order chi connectivity index (χ1) is 21.4. The van der Waals surface area contributed by atoms with E-state index < -0.39 is 41.7 Å². The number of nitrogens with one attached hydrogen (secondary N) is 1. The van der Waals surface area contributed by atoms with Gasteiger partial charge >= 0.3 is 11.7 Å². The van der Waals surface area contributed by atoms with Crippen LogP contribution < -0.4 is 15.7 Å². The molecular formula is C31H27FN2O7S. The van der Waals surface area contributed by atoms with Crippen molar-refractivity contribution in [1.82, 2.24) is 10.3 Å². The third-order valence-electron chi connectivity index (χ3n) is 5.86. The van der Waals surface area contributed by atoms with E-state index in [0.717, 1.165) is 11.3 Å². The van der Waals surface area contributed by atoms with Gasteiger partial charge in [0.1, 0.15) is 28.6 Å². The molecule has 0 fully saturated rings. The molecule has 0 spiro atoms. The van der Waals surface area contributed by atoms with Crippen LogP contribution in [0.1, 0.15) is 44.9 Å². The van der Waals surface area contributed by atoms with Gasteiger partial charge in [0.25, 0.3) is 5.19 Å². The molecule has 2 N–H and O–H groups in total. The predicted octanol–water partition coefficient (Wildman–Crippen LogP) is 6.88. The van der Waals surface area contributed by atoms with Crippen LogP contribution in [0.4, 0.5) is 9.18 Å². The fraction of sp³-hybridized carbons (Fsp3) is 0.161. The number of halogens is 1. The van der Waals surface area contributed by atoms with Crippen molar-refractivity contribution in [2.45, 2.75) is 26.2 Å². The molecule has 2 aromatic heterocycles. The zero-order valence-electron chi connectivity index (χ0n) is 25.3. The number of Topliss-reactive ketones (excluding diaryl/α,β-unsaturated/α-hetero) is 1. The molecule has 0 aliphatic rings. The minimum atomic E-state index is -2.85. The lowest BCUT2D eigenvalue weighted by atomic mass is 10.0. The second-order valence-electron chi connectivity index (χ2n) is 8.88. The standard InChI is InChI=1S/C31H27FN2O7S/c1-19(28(36)27-26(35)17-21(40-29(27)37)11-7-4-8-14-33-30(38)39-2)15-23-18-34-31(42-23)41-22-12-13-25(32)24(16-22)20-9-5-3-6-10-20/h3,5-6,8-10,12-18,35H,4,7,11H2,1-2H3,(H,33,38)/b14-8+,19-15+/i2D3. The van der Waals surface area contributed by atoms with E-state index in [9.17, 15) is 23.9 Å². The average Bonchev–Trinajstić information content (AvgIpc) is 3.41. The largest absolute Gasteiger partial charge is 0.507 e. The van der Waals surface area contributed by atoms with Gasteiger partial charge in [-0.1, -0.05) is 47.7 Å². The van der Waals surface area contributed by atoms with Crippen LogP contribution in [-0.2, 0) is 11.2 Å². The Hall–Kier alpha value is -5.03. The first kappa shape index (κ1) is 25.9. The van der Waals surface area contributed by atoms with Crippen LogP contribution >= 0.6 is 11.3 Å². The Balaban J connectivity index is 1.36. The summed E-state index contributed by atoms with van der Waals surface area (Å²) >= 11 is 1.12. The van der Waals surface area contributed by atoms with Crippen molar-refractivity contribution >= 4 is 29.3 Å². The van der Waals surface area contributed by atoms with Crippen LogP contribution in [-0.4, -0.2) is 29.0 Å². The molecule has 0 saturated carbocycles. The zero-order chi connectivity index (χ0) is 32.6. The number of methoxy groups -OCH3 is 1. The van der Waals surface area contributed by atoms with Gasteiger partial charge in [-0.2, -0.15) is 0 Å². The van der Waals surface area contributed by atoms with Crippen LogP contribution in [0.5, 0.6) is 16.7 Å². The van der Waals surface area contributed by atoms with E-state index in [1.807, 2.05) is 18.2 Å². The minimum Gasteiger partial charge on any atom is -0.507 e. The molecule has 0 aliphatic carbocycles. The summed E-state index contributed by atoms with van der Waals surface area (Å²) in [5, 5.41) is 12.9. The highest BCUT2D eigenvalue weighted by molar-refractivity contribution is 7.14. The Morgan fingerprint density at radius 1 is 1.21 bits per heavy atom. The topological polar surface area (TPSA) is 128 Å². The monoisotopic (exact) mass is 593 g/mol. The number of rotatable bonds is 11. The highest BCUT2D eigenvalue weighted by atomic mass is 32.1. The number of amides is 1. The Labute approximate surface area is 248 Å². The van der Waals surface area contributed by atoms with Gasteiger partial charge in [-0.25, -0.2) is 19.0 Å². The maximum atomic E-state index is 14.4. The summed E-state index contributed by atoms with van der Waals surface area (Å²) in [5.74, 6) is -1.12. The molecule has 0 unspecified atom stereocenters. The summed E-state index contributed by atoms with van der Waals surface area (Å²) in [4.78, 5) is 41.6. The van der Waals surface area contributed by atoms with Gasteiger partial charge in [0.05, 0.1) is 16.0 Å². The summed E-state index contributed by atoms with van der Waals surface area (Å²) in [6.07, 6.45) is 5.71. The molecule has 0 atom stereocenters. The van der Waals surface area contributed by atoms with E-state index in [2.05, 4.69) is 15.0 Å². The fourth-order valence-corrected chi connectivity index (χ4v) is 4.65. The number of carbonyl (C=O) groups excluding carboxylic acids is 2. The number of hydrogen-bond acceptors (Lipinski definition) is 9. The van der Waals surface area contributed by atoms with Gasteiger partial charge in [-0.05, 0) is 55.2 Å². The molecule has 9 nitrogen and oxygen atoms in total. The first-order valence-corrected chi connectivity index (χ1v) is 13.4. The zero-order valence-corrected chi connectivity index (χ0v) is 23.1. The molecule has 42 heavy (non-hydrogen) atoms. The van der Waals surface area contributed by atoms with Gasteiger partial charge in [-0.15, -0.1) is 0 Å². The van der Waals surface area contributed by atoms with Crippen LogP contribution in [0, 0.1) is 5.82 Å². The number of hydrogen-bond donors (Lipinski definition) is 2. The van der Waals surface area contributed by atoms with Gasteiger partial charge in [0.2, 0.25) is 0 Å². The maximum Gasteiger partial charge on any atom is 0.410 e. The molecule has 0 saturated heterocycles. The van der Waals surface area contributed by atoms with E-state index in [-0.39, 0.29) is 22.9 Å². The molecular weight excluding hydrogens is 563 g/mol. The minimum absolute atomic E-state index is 0.142. The smallest absolute Gasteiger partial charge is 0.410 e. The predicted molar refractivity (Wildman–Crippen MR) is 156 cm³/mol. The van der Waals surface area contributed by atoms with Crippen molar-refractivity contribution < 1.29 is 37.1 Å². The maximum absolute atomic E-state index is 14.4. The summed E-state index contributed by atoms with van der Waals surface area (Å²) < 4.78 is 50.1. The van der Waals surface area contributed by atoms with Crippen molar-refractivity contribution in [1.29, 1.82) is 0 Å². The number of carbonyl (C=O) groups is 2. The van der Waals surface area contributed by atoms with E-state index in [4.69, 9.17) is 13.3 Å². The second kappa shape index (κ2) is 14.0. The first-order valence-electron chi connectivity index (χ1n) is 14.1. The molecule has 1 amide bonds. The summed E-state index contributed by atoms with van der Waals surface area (Å²) in [7, 11) is -2.85. The quantitative estimate of drug-likeness (QED) is 0.109. The van der Waals surface area contributed by atoms with E-state index in [1.54, 1.807) is 24.3 Å². The van der Waals surface area contributed by atoms with Crippen molar-refractivity contribution in [3.63, 3.8) is 0 Å². The molecule has 11 heteroatoms. The molecule has 0 aliphatic heterocycles. The average molecular weight is 594 g/mol. The van der Waals surface area contributed by atoms with Crippen molar-refractivity contribution in [2.75, 3.05) is 7.04 Å². The normalized spacial score (nSPS) is 12.8. The van der Waals surface area contributed by atoms with Gasteiger partial charge in [0.15, 0.2) is 5.78 Å². The fourth-order valence-electron chi connectivity index (χ4n) is 3.86. The van der Waals surface area contributed by atoms with Crippen molar-refractivity contribution in [2.24, 2.45) is 0 Å². The number of ketones is 1. The number of aromatic nitrogens is 1. The van der Waals surface area contributed by atoms with E-state index in [0.29, 0.717) is 34.6 Å². The Kier molecular flexibility index (Phi) is 8.66. The number of ether oxygens (including phenoxy) is 2. The van der Waals surface area contributed by atoms with Crippen LogP contribution in [0.25, 0.3) is 17.2 Å². The second-order valence-corrected chi connectivity index (χ2v) is 9.91. The van der Waals surface area contributed by atoms with Crippen LogP contribution in [0.15, 0.2) is 87.9 Å². The van der Waals surface area contributed by atoms with E-state index >= 15 is 0 Å². The Bertz CT molecular complexity index is 1800. The lowest BCUT2D eigenvalue weighted by Gasteiger charge is -2.07. The lowest BCUT2D eigenvalue weighted by Crippen LogP contribution is -2.16. The molecule has 4 aromatic rings. The SMILES string of the molecule is [2H]C([2H])([2H])OC(=O)N/C=C/CCCc1cc(O)c(C(=O)/C(C)=C/c2cnc(Oc3ccc(F)c(-c4ccccc4)c3)s2)c(=O)o1. The number of nitrogens with zero attached hydrogens (tertiary/aromatic N) is 1. The third-order valence-corrected chi connectivity index (χ3v) is 6.68. The molecule has 0 bridgehead atoms. The number of benzene rings is 2. The van der Waals surface area contributed by atoms with Crippen molar-refractivity contribution in [3.05, 3.63) is 111 Å². The summed E-state index contributed by atoms with van der Waals surface area (Å²) in [5.41, 5.74) is -0.294. The lowest BCUT2D eigenvalue weighted by molar-refractivity contribution is 0.102. The van der Waals surface area contributed by atoms with Crippen LogP contribution in [0.3, 0.4) is 0 Å².